The molecule has 0 spiro atoms. The first-order valence-electron chi connectivity index (χ1n) is 10.2. The number of rotatable bonds is 5. The number of hydrogen-bond acceptors (Lipinski definition) is 5. The number of anilines is 2. The summed E-state index contributed by atoms with van der Waals surface area (Å²) < 4.78 is 5.04. The van der Waals surface area contributed by atoms with Crippen molar-refractivity contribution in [3.63, 3.8) is 0 Å². The van der Waals surface area contributed by atoms with E-state index in [9.17, 15) is 19.2 Å². The monoisotopic (exact) mass is 508 g/mol. The molecular weight excluding hydrogens is 491 g/mol. The van der Waals surface area contributed by atoms with Crippen LogP contribution < -0.4 is 10.2 Å². The van der Waals surface area contributed by atoms with Crippen molar-refractivity contribution in [3.8, 4) is 0 Å². The molecule has 172 valence electrons. The van der Waals surface area contributed by atoms with E-state index in [1.54, 1.807) is 24.3 Å². The zero-order chi connectivity index (χ0) is 23.7. The van der Waals surface area contributed by atoms with Crippen LogP contribution >= 0.6 is 34.8 Å². The first-order chi connectivity index (χ1) is 15.8. The second-order valence-corrected chi connectivity index (χ2v) is 9.41. The van der Waals surface area contributed by atoms with Crippen molar-refractivity contribution in [3.05, 3.63) is 59.1 Å². The van der Waals surface area contributed by atoms with Gasteiger partial charge in [-0.2, -0.15) is 0 Å². The quantitative estimate of drug-likeness (QED) is 0.370. The first-order valence-corrected chi connectivity index (χ1v) is 11.5. The molecule has 1 N–H and O–H groups in total. The lowest BCUT2D eigenvalue weighted by atomic mass is 9.80. The minimum atomic E-state index is -0.724. The van der Waals surface area contributed by atoms with Gasteiger partial charge in [-0.3, -0.25) is 19.3 Å². The summed E-state index contributed by atoms with van der Waals surface area (Å²) in [5, 5.41) is 2.19. The minimum Gasteiger partial charge on any atom is -0.452 e. The molecule has 2 aromatic carbocycles. The Morgan fingerprint density at radius 3 is 2.09 bits per heavy atom. The maximum atomic E-state index is 12.8. The number of halogens is 3. The van der Waals surface area contributed by atoms with Crippen LogP contribution in [-0.2, 0) is 19.1 Å². The molecule has 0 aromatic heterocycles. The topological polar surface area (TPSA) is 92.8 Å². The van der Waals surface area contributed by atoms with Gasteiger partial charge in [-0.25, -0.2) is 4.79 Å². The summed E-state index contributed by atoms with van der Waals surface area (Å²) >= 11 is 18.4. The predicted molar refractivity (Wildman–Crippen MR) is 125 cm³/mol. The fourth-order valence-corrected chi connectivity index (χ4v) is 4.83. The zero-order valence-corrected chi connectivity index (χ0v) is 19.4. The molecule has 0 bridgehead atoms. The van der Waals surface area contributed by atoms with Crippen molar-refractivity contribution in [2.45, 2.75) is 23.6 Å². The van der Waals surface area contributed by atoms with Crippen LogP contribution in [0.5, 0.6) is 0 Å². The van der Waals surface area contributed by atoms with E-state index in [-0.39, 0.29) is 28.1 Å². The van der Waals surface area contributed by atoms with E-state index in [0.717, 1.165) is 4.90 Å². The maximum Gasteiger partial charge on any atom is 0.338 e. The number of hydrogen-bond donors (Lipinski definition) is 1. The number of nitrogens with zero attached hydrogens (tertiary/aromatic N) is 1. The second kappa shape index (κ2) is 9.71. The number of imide groups is 1. The van der Waals surface area contributed by atoms with Crippen LogP contribution in [0, 0.1) is 11.8 Å². The van der Waals surface area contributed by atoms with Crippen LogP contribution in [0.1, 0.15) is 23.2 Å². The van der Waals surface area contributed by atoms with E-state index in [0.29, 0.717) is 29.2 Å². The predicted octanol–water partition coefficient (Wildman–Crippen LogP) is 4.25. The Morgan fingerprint density at radius 2 is 1.52 bits per heavy atom. The molecule has 4 atom stereocenters. The Morgan fingerprint density at radius 1 is 0.939 bits per heavy atom. The molecule has 4 rings (SSSR count). The second-order valence-electron chi connectivity index (χ2n) is 7.88. The highest BCUT2D eigenvalue weighted by Crippen LogP contribution is 2.43. The van der Waals surface area contributed by atoms with Gasteiger partial charge in [0, 0.05) is 0 Å². The molecule has 1 aliphatic carbocycles. The number of carbonyl (C=O) groups is 4. The minimum absolute atomic E-state index is 0.169. The summed E-state index contributed by atoms with van der Waals surface area (Å²) in [7, 11) is 0. The lowest BCUT2D eigenvalue weighted by Crippen LogP contribution is -2.34. The number of carbonyl (C=O) groups excluding carboxylic acids is 4. The molecule has 7 nitrogen and oxygen atoms in total. The summed E-state index contributed by atoms with van der Waals surface area (Å²) in [4.78, 5) is 51.1. The first kappa shape index (κ1) is 23.5. The molecule has 10 heteroatoms. The fourth-order valence-electron chi connectivity index (χ4n) is 4.06. The normalized spacial score (nSPS) is 24.4. The van der Waals surface area contributed by atoms with Gasteiger partial charge in [0.2, 0.25) is 11.8 Å². The van der Waals surface area contributed by atoms with Gasteiger partial charge in [0.05, 0.1) is 44.6 Å². The van der Waals surface area contributed by atoms with Crippen LogP contribution in [0.25, 0.3) is 0 Å². The summed E-state index contributed by atoms with van der Waals surface area (Å²) in [6.07, 6.45) is 0.699. The van der Waals surface area contributed by atoms with Gasteiger partial charge in [0.15, 0.2) is 6.61 Å². The number of alkyl halides is 2. The Balaban J connectivity index is 1.37. The number of nitrogens with one attached hydrogen (secondary N) is 1. The lowest BCUT2D eigenvalue weighted by Gasteiger charge is -2.28. The number of esters is 1. The highest BCUT2D eigenvalue weighted by molar-refractivity contribution is 6.33. The average molecular weight is 510 g/mol. The summed E-state index contributed by atoms with van der Waals surface area (Å²) in [6, 6.07) is 12.5. The molecule has 0 radical (unpaired) electrons. The van der Waals surface area contributed by atoms with Crippen molar-refractivity contribution in [2.75, 3.05) is 16.8 Å². The van der Waals surface area contributed by atoms with E-state index >= 15 is 0 Å². The van der Waals surface area contributed by atoms with Gasteiger partial charge >= 0.3 is 5.97 Å². The number of para-hydroxylation sites is 1. The molecule has 33 heavy (non-hydrogen) atoms. The molecule has 1 heterocycles. The van der Waals surface area contributed by atoms with Crippen LogP contribution in [0.4, 0.5) is 11.4 Å². The standard InChI is InChI=1S/C23H19Cl3N2O5/c24-16-3-1-2-4-19(16)27-20(29)11-33-23(32)12-5-7-13(8-6-12)28-21(30)14-9-17(25)18(26)10-15(14)22(28)31/h1-8,14-15,17-18H,9-11H2,(H,27,29)/t14-,15+,17+,18-. The smallest absolute Gasteiger partial charge is 0.338 e. The third-order valence-electron chi connectivity index (χ3n) is 5.76. The molecule has 1 saturated heterocycles. The summed E-state index contributed by atoms with van der Waals surface area (Å²) in [6.45, 7) is -0.503. The largest absolute Gasteiger partial charge is 0.452 e. The van der Waals surface area contributed by atoms with Crippen LogP contribution in [-0.4, -0.2) is 41.1 Å². The summed E-state index contributed by atoms with van der Waals surface area (Å²) in [5.41, 5.74) is 0.929. The van der Waals surface area contributed by atoms with Gasteiger partial charge in [-0.15, -0.1) is 23.2 Å². The molecular formula is C23H19Cl3N2O5. The van der Waals surface area contributed by atoms with Gasteiger partial charge in [0.25, 0.3) is 5.91 Å². The van der Waals surface area contributed by atoms with Gasteiger partial charge < -0.3 is 10.1 Å². The molecule has 2 aliphatic rings. The Kier molecular flexibility index (Phi) is 6.93. The van der Waals surface area contributed by atoms with E-state index in [1.807, 2.05) is 0 Å². The number of benzene rings is 2. The van der Waals surface area contributed by atoms with E-state index in [4.69, 9.17) is 39.5 Å². The SMILES string of the molecule is O=C(COC(=O)c1ccc(N2C(=O)[C@H]3C[C@@H](Cl)[C@@H](Cl)C[C@H]3C2=O)cc1)Nc1ccccc1Cl. The van der Waals surface area contributed by atoms with Crippen molar-refractivity contribution in [1.29, 1.82) is 0 Å². The van der Waals surface area contributed by atoms with Crippen molar-refractivity contribution in [2.24, 2.45) is 11.8 Å². The van der Waals surface area contributed by atoms with Crippen molar-refractivity contribution < 1.29 is 23.9 Å². The van der Waals surface area contributed by atoms with Crippen LogP contribution in [0.2, 0.25) is 5.02 Å². The molecule has 2 fully saturated rings. The van der Waals surface area contributed by atoms with E-state index < -0.39 is 30.3 Å². The van der Waals surface area contributed by atoms with Gasteiger partial charge in [-0.05, 0) is 49.2 Å². The molecule has 1 aliphatic heterocycles. The molecule has 1 saturated carbocycles. The number of ether oxygens (including phenoxy) is 1. The highest BCUT2D eigenvalue weighted by Gasteiger charge is 2.52. The Bertz CT molecular complexity index is 1080. The Hall–Kier alpha value is -2.61. The van der Waals surface area contributed by atoms with Crippen molar-refractivity contribution >= 4 is 69.9 Å². The third kappa shape index (κ3) is 4.86. The van der Waals surface area contributed by atoms with Crippen molar-refractivity contribution in [1.82, 2.24) is 0 Å². The average Bonchev–Trinajstić information content (AvgIpc) is 3.03. The van der Waals surface area contributed by atoms with E-state index in [2.05, 4.69) is 5.32 Å². The van der Waals surface area contributed by atoms with Gasteiger partial charge in [-0.1, -0.05) is 23.7 Å². The molecule has 0 unspecified atom stereocenters. The number of amides is 3. The molecule has 2 aromatic rings. The van der Waals surface area contributed by atoms with E-state index in [1.165, 1.54) is 24.3 Å². The zero-order valence-electron chi connectivity index (χ0n) is 17.2. The third-order valence-corrected chi connectivity index (χ3v) is 7.18. The molecule has 3 amide bonds. The van der Waals surface area contributed by atoms with Crippen LogP contribution in [0.15, 0.2) is 48.5 Å². The van der Waals surface area contributed by atoms with Gasteiger partial charge in [0.1, 0.15) is 0 Å². The fraction of sp³-hybridized carbons (Fsp3) is 0.304. The number of fused-ring (bicyclic) bond motifs is 1. The Labute approximate surface area is 204 Å². The summed E-state index contributed by atoms with van der Waals surface area (Å²) in [5.74, 6) is -2.87. The maximum absolute atomic E-state index is 12.8. The lowest BCUT2D eigenvalue weighted by molar-refractivity contribution is -0.122. The highest BCUT2D eigenvalue weighted by atomic mass is 35.5. The van der Waals surface area contributed by atoms with Crippen LogP contribution in [0.3, 0.4) is 0 Å².